The summed E-state index contributed by atoms with van der Waals surface area (Å²) in [6.07, 6.45) is 5.41. The zero-order valence-electron chi connectivity index (χ0n) is 18.2. The smallest absolute Gasteiger partial charge is 0.341 e. The molecule has 0 saturated carbocycles. The number of ether oxygens (including phenoxy) is 1. The Balaban J connectivity index is 1.56. The molecule has 1 fully saturated rings. The van der Waals surface area contributed by atoms with Gasteiger partial charge in [-0.3, -0.25) is 4.79 Å². The minimum absolute atomic E-state index is 0.0727. The Bertz CT molecular complexity index is 854. The fourth-order valence-electron chi connectivity index (χ4n) is 3.85. The quantitative estimate of drug-likeness (QED) is 0.674. The highest BCUT2D eigenvalue weighted by Gasteiger charge is 2.17. The first-order valence-corrected chi connectivity index (χ1v) is 10.8. The van der Waals surface area contributed by atoms with E-state index < -0.39 is 0 Å². The molecule has 2 aromatic rings. The number of hydrogen-bond donors (Lipinski definition) is 1. The number of aromatic nitrogens is 2. The first-order valence-electron chi connectivity index (χ1n) is 10.8. The number of benzene rings is 1. The summed E-state index contributed by atoms with van der Waals surface area (Å²) >= 11 is 0. The van der Waals surface area contributed by atoms with Gasteiger partial charge in [0.2, 0.25) is 0 Å². The molecular weight excluding hydrogens is 380 g/mol. The summed E-state index contributed by atoms with van der Waals surface area (Å²) < 4.78 is 6.73. The Morgan fingerprint density at radius 3 is 2.53 bits per heavy atom. The third-order valence-electron chi connectivity index (χ3n) is 5.51. The number of carbonyl (C=O) groups excluding carboxylic acids is 2. The Hall–Kier alpha value is -2.67. The second-order valence-electron chi connectivity index (χ2n) is 8.00. The lowest BCUT2D eigenvalue weighted by molar-refractivity contribution is 0.0525. The minimum Gasteiger partial charge on any atom is -0.462 e. The average Bonchev–Trinajstić information content (AvgIpc) is 3.14. The maximum absolute atomic E-state index is 12.5. The van der Waals surface area contributed by atoms with Gasteiger partial charge in [0.05, 0.1) is 24.2 Å². The number of likely N-dealkylation sites (tertiary alicyclic amines) is 1. The van der Waals surface area contributed by atoms with E-state index in [1.165, 1.54) is 38.5 Å². The number of piperidine rings is 1. The number of rotatable bonds is 8. The molecule has 1 aliphatic heterocycles. The molecule has 1 N–H and O–H groups in total. The van der Waals surface area contributed by atoms with Crippen LogP contribution in [0.5, 0.6) is 0 Å². The lowest BCUT2D eigenvalue weighted by Crippen LogP contribution is -2.38. The van der Waals surface area contributed by atoms with E-state index in [4.69, 9.17) is 4.74 Å². The molecule has 1 aromatic heterocycles. The molecule has 30 heavy (non-hydrogen) atoms. The van der Waals surface area contributed by atoms with Gasteiger partial charge in [0, 0.05) is 18.7 Å². The van der Waals surface area contributed by atoms with Crippen molar-refractivity contribution < 1.29 is 14.3 Å². The molecule has 2 heterocycles. The van der Waals surface area contributed by atoms with Gasteiger partial charge in [0.25, 0.3) is 5.91 Å². The molecule has 0 aliphatic carbocycles. The zero-order chi connectivity index (χ0) is 21.5. The zero-order valence-corrected chi connectivity index (χ0v) is 18.2. The van der Waals surface area contributed by atoms with Gasteiger partial charge in [0.15, 0.2) is 0 Å². The summed E-state index contributed by atoms with van der Waals surface area (Å²) in [5.41, 5.74) is 2.55. The normalized spacial score (nSPS) is 15.6. The summed E-state index contributed by atoms with van der Waals surface area (Å²) in [4.78, 5) is 27.0. The van der Waals surface area contributed by atoms with Crippen LogP contribution in [-0.4, -0.2) is 59.3 Å². The van der Waals surface area contributed by atoms with Crippen LogP contribution in [0.1, 0.15) is 59.5 Å². The van der Waals surface area contributed by atoms with Crippen LogP contribution >= 0.6 is 0 Å². The van der Waals surface area contributed by atoms with Crippen molar-refractivity contribution >= 4 is 11.9 Å². The lowest BCUT2D eigenvalue weighted by atomic mass is 10.1. The van der Waals surface area contributed by atoms with Gasteiger partial charge in [0.1, 0.15) is 5.56 Å². The predicted octanol–water partition coefficient (Wildman–Crippen LogP) is 3.21. The highest BCUT2D eigenvalue weighted by molar-refractivity contribution is 5.94. The van der Waals surface area contributed by atoms with Crippen molar-refractivity contribution in [3.63, 3.8) is 0 Å². The van der Waals surface area contributed by atoms with Gasteiger partial charge in [-0.1, -0.05) is 13.3 Å². The molecule has 3 rings (SSSR count). The van der Waals surface area contributed by atoms with Gasteiger partial charge in [-0.25, -0.2) is 9.48 Å². The molecule has 7 nitrogen and oxygen atoms in total. The minimum atomic E-state index is -0.379. The molecule has 1 atom stereocenters. The number of carbonyl (C=O) groups is 2. The molecule has 1 saturated heterocycles. The van der Waals surface area contributed by atoms with Crippen molar-refractivity contribution in [2.75, 3.05) is 32.8 Å². The van der Waals surface area contributed by atoms with E-state index in [-0.39, 0.29) is 11.9 Å². The number of amides is 1. The van der Waals surface area contributed by atoms with Crippen LogP contribution in [0.15, 0.2) is 30.5 Å². The van der Waals surface area contributed by atoms with Crippen LogP contribution in [-0.2, 0) is 4.74 Å². The number of hydrogen-bond acceptors (Lipinski definition) is 5. The maximum Gasteiger partial charge on any atom is 0.341 e. The van der Waals surface area contributed by atoms with Gasteiger partial charge in [-0.2, -0.15) is 5.10 Å². The van der Waals surface area contributed by atoms with Gasteiger partial charge < -0.3 is 15.0 Å². The van der Waals surface area contributed by atoms with Crippen molar-refractivity contribution in [2.24, 2.45) is 5.92 Å². The van der Waals surface area contributed by atoms with Crippen LogP contribution in [0.2, 0.25) is 0 Å². The number of nitrogens with one attached hydrogen (secondary N) is 1. The highest BCUT2D eigenvalue weighted by atomic mass is 16.5. The molecular formula is C23H32N4O3. The van der Waals surface area contributed by atoms with Gasteiger partial charge in [-0.15, -0.1) is 0 Å². The monoisotopic (exact) mass is 412 g/mol. The molecule has 0 bridgehead atoms. The van der Waals surface area contributed by atoms with E-state index in [2.05, 4.69) is 22.2 Å². The summed E-state index contributed by atoms with van der Waals surface area (Å²) in [6, 6.07) is 7.23. The Morgan fingerprint density at radius 2 is 1.87 bits per heavy atom. The van der Waals surface area contributed by atoms with E-state index in [1.54, 1.807) is 23.7 Å². The van der Waals surface area contributed by atoms with Crippen molar-refractivity contribution in [2.45, 2.75) is 40.0 Å². The molecule has 1 amide bonds. The van der Waals surface area contributed by atoms with Crippen LogP contribution < -0.4 is 5.32 Å². The van der Waals surface area contributed by atoms with Crippen molar-refractivity contribution in [1.29, 1.82) is 0 Å². The van der Waals surface area contributed by atoms with Crippen LogP contribution in [0.4, 0.5) is 0 Å². The van der Waals surface area contributed by atoms with Crippen LogP contribution in [0.25, 0.3) is 5.69 Å². The molecule has 1 aliphatic rings. The highest BCUT2D eigenvalue weighted by Crippen LogP contribution is 2.16. The first-order chi connectivity index (χ1) is 14.5. The molecule has 1 unspecified atom stereocenters. The molecule has 1 aromatic carbocycles. The summed E-state index contributed by atoms with van der Waals surface area (Å²) in [6.45, 7) is 10.1. The fourth-order valence-corrected chi connectivity index (χ4v) is 3.85. The van der Waals surface area contributed by atoms with E-state index in [1.807, 2.05) is 19.1 Å². The second kappa shape index (κ2) is 10.4. The van der Waals surface area contributed by atoms with Crippen molar-refractivity contribution in [1.82, 2.24) is 20.0 Å². The second-order valence-corrected chi connectivity index (χ2v) is 8.00. The maximum atomic E-state index is 12.5. The molecule has 7 heteroatoms. The van der Waals surface area contributed by atoms with Crippen molar-refractivity contribution in [3.8, 4) is 5.69 Å². The Kier molecular flexibility index (Phi) is 7.63. The summed E-state index contributed by atoms with van der Waals surface area (Å²) in [7, 11) is 0. The molecule has 0 radical (unpaired) electrons. The van der Waals surface area contributed by atoms with E-state index >= 15 is 0 Å². The van der Waals surface area contributed by atoms with E-state index in [9.17, 15) is 9.59 Å². The SMILES string of the molecule is CCOC(=O)c1cnn(-c2ccc(C(=O)NCC(C)CN3CCCCC3)cc2)c1C. The van der Waals surface area contributed by atoms with E-state index in [0.29, 0.717) is 35.9 Å². The average molecular weight is 413 g/mol. The lowest BCUT2D eigenvalue weighted by Gasteiger charge is -2.29. The summed E-state index contributed by atoms with van der Waals surface area (Å²) in [5.74, 6) is -0.0355. The third-order valence-corrected chi connectivity index (χ3v) is 5.51. The van der Waals surface area contributed by atoms with Crippen LogP contribution in [0, 0.1) is 12.8 Å². The molecule has 0 spiro atoms. The summed E-state index contributed by atoms with van der Waals surface area (Å²) in [5, 5.41) is 7.33. The van der Waals surface area contributed by atoms with Crippen LogP contribution in [0.3, 0.4) is 0 Å². The Morgan fingerprint density at radius 1 is 1.17 bits per heavy atom. The Labute approximate surface area is 178 Å². The van der Waals surface area contributed by atoms with Crippen molar-refractivity contribution in [3.05, 3.63) is 47.3 Å². The van der Waals surface area contributed by atoms with E-state index in [0.717, 1.165) is 12.2 Å². The number of esters is 1. The first kappa shape index (κ1) is 22.0. The number of nitrogens with zero attached hydrogens (tertiary/aromatic N) is 3. The van der Waals surface area contributed by atoms with Gasteiger partial charge in [-0.05, 0) is 70.0 Å². The predicted molar refractivity (Wildman–Crippen MR) is 116 cm³/mol. The molecule has 162 valence electrons. The standard InChI is InChI=1S/C23H32N4O3/c1-4-30-23(29)21-15-25-27(18(21)3)20-10-8-19(9-11-20)22(28)24-14-17(2)16-26-12-6-5-7-13-26/h8-11,15,17H,4-7,12-14,16H2,1-3H3,(H,24,28). The fraction of sp³-hybridized carbons (Fsp3) is 0.522. The third kappa shape index (κ3) is 5.48. The van der Waals surface area contributed by atoms with Gasteiger partial charge >= 0.3 is 5.97 Å². The largest absolute Gasteiger partial charge is 0.462 e. The topological polar surface area (TPSA) is 76.5 Å².